The largest absolute Gasteiger partial charge is 0.493 e. The summed E-state index contributed by atoms with van der Waals surface area (Å²) in [5.41, 5.74) is 1.10. The van der Waals surface area contributed by atoms with E-state index < -0.39 is 10.0 Å². The minimum absolute atomic E-state index is 0.0432. The summed E-state index contributed by atoms with van der Waals surface area (Å²) in [6.45, 7) is 1.76. The van der Waals surface area contributed by atoms with Crippen molar-refractivity contribution in [1.82, 2.24) is 4.98 Å². The maximum atomic E-state index is 12.2. The van der Waals surface area contributed by atoms with Crippen LogP contribution in [-0.2, 0) is 10.0 Å². The van der Waals surface area contributed by atoms with Crippen molar-refractivity contribution < 1.29 is 17.9 Å². The molecule has 2 rings (SSSR count). The molecule has 0 spiro atoms. The maximum Gasteiger partial charge on any atom is 0.273 e. The number of sulfonamides is 1. The van der Waals surface area contributed by atoms with Gasteiger partial charge >= 0.3 is 0 Å². The Hall–Kier alpha value is -1.51. The van der Waals surface area contributed by atoms with E-state index in [0.29, 0.717) is 22.7 Å². The first-order valence-corrected chi connectivity index (χ1v) is 8.42. The van der Waals surface area contributed by atoms with Crippen LogP contribution in [-0.4, -0.2) is 27.6 Å². The Bertz CT molecular complexity index is 759. The highest BCUT2D eigenvalue weighted by molar-refractivity contribution is 7.94. The molecule has 0 amide bonds. The SMILES string of the molecule is COc1cc(C)c(NS(=O)(=O)c2cnc(Cl)s2)cc1OC. The van der Waals surface area contributed by atoms with Gasteiger partial charge in [0.05, 0.1) is 26.1 Å². The van der Waals surface area contributed by atoms with E-state index in [2.05, 4.69) is 9.71 Å². The van der Waals surface area contributed by atoms with Gasteiger partial charge < -0.3 is 9.47 Å². The lowest BCUT2D eigenvalue weighted by atomic mass is 10.2. The van der Waals surface area contributed by atoms with Crippen molar-refractivity contribution >= 4 is 38.6 Å². The summed E-state index contributed by atoms with van der Waals surface area (Å²) in [4.78, 5) is 3.73. The Kier molecular flexibility index (Phi) is 4.60. The second kappa shape index (κ2) is 6.08. The Morgan fingerprint density at radius 1 is 1.24 bits per heavy atom. The molecule has 0 atom stereocenters. The van der Waals surface area contributed by atoms with Crippen LogP contribution in [0, 0.1) is 6.92 Å². The van der Waals surface area contributed by atoms with Crippen molar-refractivity contribution in [2.45, 2.75) is 11.1 Å². The third-order valence-corrected chi connectivity index (χ3v) is 5.64. The Labute approximate surface area is 131 Å². The van der Waals surface area contributed by atoms with Gasteiger partial charge in [0, 0.05) is 6.07 Å². The summed E-state index contributed by atoms with van der Waals surface area (Å²) in [5.74, 6) is 0.960. The summed E-state index contributed by atoms with van der Waals surface area (Å²) in [6, 6.07) is 3.25. The normalized spacial score (nSPS) is 11.2. The first-order chi connectivity index (χ1) is 9.87. The topological polar surface area (TPSA) is 77.5 Å². The second-order valence-electron chi connectivity index (χ2n) is 4.06. The Morgan fingerprint density at radius 2 is 1.86 bits per heavy atom. The first-order valence-electron chi connectivity index (χ1n) is 5.74. The molecule has 21 heavy (non-hydrogen) atoms. The van der Waals surface area contributed by atoms with E-state index in [1.807, 2.05) is 0 Å². The predicted octanol–water partition coefficient (Wildman–Crippen LogP) is 2.92. The van der Waals surface area contributed by atoms with Crippen LogP contribution in [0.1, 0.15) is 5.56 Å². The molecule has 0 aliphatic carbocycles. The third kappa shape index (κ3) is 3.39. The number of anilines is 1. The van der Waals surface area contributed by atoms with Gasteiger partial charge in [-0.15, -0.1) is 0 Å². The molecular weight excluding hydrogens is 336 g/mol. The van der Waals surface area contributed by atoms with Crippen LogP contribution in [0.5, 0.6) is 11.5 Å². The summed E-state index contributed by atoms with van der Waals surface area (Å²) in [6.07, 6.45) is 1.21. The van der Waals surface area contributed by atoms with Crippen LogP contribution < -0.4 is 14.2 Å². The van der Waals surface area contributed by atoms with Gasteiger partial charge in [0.2, 0.25) is 0 Å². The van der Waals surface area contributed by atoms with Gasteiger partial charge in [0.15, 0.2) is 20.2 Å². The van der Waals surface area contributed by atoms with Gasteiger partial charge in [-0.05, 0) is 18.6 Å². The summed E-state index contributed by atoms with van der Waals surface area (Å²) in [7, 11) is -0.739. The summed E-state index contributed by atoms with van der Waals surface area (Å²) in [5, 5.41) is 0. The monoisotopic (exact) mass is 348 g/mol. The van der Waals surface area contributed by atoms with Crippen LogP contribution in [0.2, 0.25) is 4.47 Å². The van der Waals surface area contributed by atoms with E-state index in [1.54, 1.807) is 19.1 Å². The van der Waals surface area contributed by atoms with Crippen molar-refractivity contribution in [2.75, 3.05) is 18.9 Å². The highest BCUT2D eigenvalue weighted by Gasteiger charge is 2.20. The zero-order valence-electron chi connectivity index (χ0n) is 11.5. The van der Waals surface area contributed by atoms with Crippen molar-refractivity contribution in [3.63, 3.8) is 0 Å². The van der Waals surface area contributed by atoms with E-state index in [4.69, 9.17) is 21.1 Å². The molecule has 0 aliphatic heterocycles. The molecule has 0 unspecified atom stereocenters. The number of thiazole rings is 1. The van der Waals surface area contributed by atoms with Gasteiger partial charge in [-0.2, -0.15) is 0 Å². The van der Waals surface area contributed by atoms with Crippen molar-refractivity contribution in [3.8, 4) is 11.5 Å². The highest BCUT2D eigenvalue weighted by atomic mass is 35.5. The number of halogens is 1. The van der Waals surface area contributed by atoms with Crippen LogP contribution in [0.25, 0.3) is 0 Å². The first kappa shape index (κ1) is 15.9. The molecule has 1 aromatic heterocycles. The van der Waals surface area contributed by atoms with E-state index in [1.165, 1.54) is 20.4 Å². The number of hydrogen-bond acceptors (Lipinski definition) is 6. The van der Waals surface area contributed by atoms with E-state index in [9.17, 15) is 8.42 Å². The molecule has 6 nitrogen and oxygen atoms in total. The molecule has 9 heteroatoms. The zero-order valence-corrected chi connectivity index (χ0v) is 13.9. The summed E-state index contributed by atoms with van der Waals surface area (Å²) >= 11 is 6.55. The molecule has 0 bridgehead atoms. The molecule has 1 N–H and O–H groups in total. The maximum absolute atomic E-state index is 12.2. The Morgan fingerprint density at radius 3 is 2.38 bits per heavy atom. The van der Waals surface area contributed by atoms with Crippen LogP contribution in [0.3, 0.4) is 0 Å². The fourth-order valence-corrected chi connectivity index (χ4v) is 4.06. The van der Waals surface area contributed by atoms with E-state index in [-0.39, 0.29) is 8.68 Å². The predicted molar refractivity (Wildman–Crippen MR) is 82.2 cm³/mol. The fraction of sp³-hybridized carbons (Fsp3) is 0.250. The average molecular weight is 349 g/mol. The van der Waals surface area contributed by atoms with Gasteiger partial charge in [0.25, 0.3) is 10.0 Å². The molecule has 1 heterocycles. The lowest BCUT2D eigenvalue weighted by molar-refractivity contribution is 0.355. The third-order valence-electron chi connectivity index (χ3n) is 2.70. The molecule has 114 valence electrons. The van der Waals surface area contributed by atoms with Crippen LogP contribution in [0.4, 0.5) is 5.69 Å². The Balaban J connectivity index is 2.39. The molecular formula is C12H13ClN2O4S2. The number of nitrogens with one attached hydrogen (secondary N) is 1. The molecule has 1 aromatic carbocycles. The van der Waals surface area contributed by atoms with Crippen LogP contribution >= 0.6 is 22.9 Å². The number of rotatable bonds is 5. The molecule has 0 aliphatic rings. The van der Waals surface area contributed by atoms with Gasteiger partial charge in [-0.3, -0.25) is 4.72 Å². The average Bonchev–Trinajstić information content (AvgIpc) is 2.88. The molecule has 0 radical (unpaired) electrons. The minimum atomic E-state index is -3.73. The number of nitrogens with zero attached hydrogens (tertiary/aromatic N) is 1. The molecule has 0 saturated heterocycles. The lowest BCUT2D eigenvalue weighted by Gasteiger charge is -2.13. The molecule has 0 saturated carbocycles. The molecule has 0 fully saturated rings. The van der Waals surface area contributed by atoms with Gasteiger partial charge in [0.1, 0.15) is 0 Å². The van der Waals surface area contributed by atoms with Gasteiger partial charge in [-0.25, -0.2) is 13.4 Å². The summed E-state index contributed by atoms with van der Waals surface area (Å²) < 4.78 is 37.5. The van der Waals surface area contributed by atoms with Gasteiger partial charge in [-0.1, -0.05) is 22.9 Å². The molecule has 2 aromatic rings. The standard InChI is InChI=1S/C12H13ClN2O4S2/c1-7-4-9(18-2)10(19-3)5-8(7)15-21(16,17)11-6-14-12(13)20-11/h4-6,15H,1-3H3. The highest BCUT2D eigenvalue weighted by Crippen LogP contribution is 2.34. The van der Waals surface area contributed by atoms with Crippen LogP contribution in [0.15, 0.2) is 22.5 Å². The van der Waals surface area contributed by atoms with Crippen molar-refractivity contribution in [1.29, 1.82) is 0 Å². The fourth-order valence-electron chi connectivity index (χ4n) is 1.65. The number of aromatic nitrogens is 1. The number of methoxy groups -OCH3 is 2. The zero-order chi connectivity index (χ0) is 15.6. The quantitative estimate of drug-likeness (QED) is 0.898. The van der Waals surface area contributed by atoms with E-state index in [0.717, 1.165) is 11.3 Å². The minimum Gasteiger partial charge on any atom is -0.493 e. The second-order valence-corrected chi connectivity index (χ2v) is 7.58. The number of aryl methyl sites for hydroxylation is 1. The number of hydrogen-bond donors (Lipinski definition) is 1. The van der Waals surface area contributed by atoms with Crippen molar-refractivity contribution in [3.05, 3.63) is 28.4 Å². The lowest BCUT2D eigenvalue weighted by Crippen LogP contribution is -2.12. The number of benzene rings is 1. The number of ether oxygens (including phenoxy) is 2. The van der Waals surface area contributed by atoms with Crippen molar-refractivity contribution in [2.24, 2.45) is 0 Å². The smallest absolute Gasteiger partial charge is 0.273 e. The van der Waals surface area contributed by atoms with E-state index >= 15 is 0 Å².